The average molecular weight is 671 g/mol. The van der Waals surface area contributed by atoms with Crippen LogP contribution in [0.15, 0.2) is 60.8 Å². The highest BCUT2D eigenvalue weighted by molar-refractivity contribution is 5.94. The van der Waals surface area contributed by atoms with Gasteiger partial charge in [-0.1, -0.05) is 18.2 Å². The fourth-order valence-corrected chi connectivity index (χ4v) is 5.45. The van der Waals surface area contributed by atoms with Crippen molar-refractivity contribution >= 4 is 17.9 Å². The summed E-state index contributed by atoms with van der Waals surface area (Å²) >= 11 is 0. The first kappa shape index (κ1) is 34.0. The van der Waals surface area contributed by atoms with Crippen molar-refractivity contribution in [3.05, 3.63) is 106 Å². The van der Waals surface area contributed by atoms with E-state index in [1.807, 2.05) is 0 Å². The van der Waals surface area contributed by atoms with Crippen LogP contribution in [-0.2, 0) is 41.8 Å². The van der Waals surface area contributed by atoms with Gasteiger partial charge in [0.05, 0.1) is 30.5 Å². The number of pyridine rings is 1. The van der Waals surface area contributed by atoms with E-state index in [2.05, 4.69) is 15.4 Å². The SMILES string of the molecule is CC(C)(C)OC(=O)N1Cc2c(C(F)(F)F)nn(CC(=O)N[C@@H](Cc3cc(F)cc(F)c3)c3ncccc3-c3cccc(C(N)=O)c3)c2C1. The van der Waals surface area contributed by atoms with Crippen LogP contribution >= 0.6 is 0 Å². The lowest BCUT2D eigenvalue weighted by atomic mass is 9.94. The second-order valence-corrected chi connectivity index (χ2v) is 12.2. The number of amides is 3. The maximum absolute atomic E-state index is 14.2. The first-order valence-electron chi connectivity index (χ1n) is 14.7. The van der Waals surface area contributed by atoms with Gasteiger partial charge in [-0.15, -0.1) is 0 Å². The van der Waals surface area contributed by atoms with Gasteiger partial charge in [0, 0.05) is 29.0 Å². The first-order chi connectivity index (χ1) is 22.5. The zero-order valence-corrected chi connectivity index (χ0v) is 26.1. The Morgan fingerprint density at radius 1 is 1.00 bits per heavy atom. The maximum Gasteiger partial charge on any atom is 0.435 e. The van der Waals surface area contributed by atoms with Gasteiger partial charge in [0.1, 0.15) is 23.8 Å². The van der Waals surface area contributed by atoms with Gasteiger partial charge in [-0.25, -0.2) is 13.6 Å². The second-order valence-electron chi connectivity index (χ2n) is 12.2. The van der Waals surface area contributed by atoms with Crippen LogP contribution < -0.4 is 11.1 Å². The second kappa shape index (κ2) is 13.0. The van der Waals surface area contributed by atoms with Crippen LogP contribution in [0.25, 0.3) is 11.1 Å². The Labute approximate surface area is 271 Å². The predicted molar refractivity (Wildman–Crippen MR) is 162 cm³/mol. The summed E-state index contributed by atoms with van der Waals surface area (Å²) in [4.78, 5) is 43.6. The molecule has 0 radical (unpaired) electrons. The molecule has 0 unspecified atom stereocenters. The molecule has 1 aliphatic heterocycles. The van der Waals surface area contributed by atoms with Gasteiger partial charge >= 0.3 is 12.3 Å². The molecule has 0 spiro atoms. The van der Waals surface area contributed by atoms with Crippen molar-refractivity contribution in [2.45, 2.75) is 64.6 Å². The number of rotatable bonds is 8. The highest BCUT2D eigenvalue weighted by Gasteiger charge is 2.43. The number of nitrogens with one attached hydrogen (secondary N) is 1. The number of fused-ring (bicyclic) bond motifs is 1. The molecule has 3 heterocycles. The molecule has 3 amide bonds. The largest absolute Gasteiger partial charge is 0.444 e. The Balaban J connectivity index is 1.49. The number of ether oxygens (including phenoxy) is 1. The fourth-order valence-electron chi connectivity index (χ4n) is 5.45. The number of aromatic nitrogens is 3. The quantitative estimate of drug-likeness (QED) is 0.232. The molecular weight excluding hydrogens is 639 g/mol. The van der Waals surface area contributed by atoms with E-state index in [1.54, 1.807) is 45.0 Å². The number of nitrogens with two attached hydrogens (primary N) is 1. The Morgan fingerprint density at radius 3 is 2.35 bits per heavy atom. The predicted octanol–water partition coefficient (Wildman–Crippen LogP) is 5.69. The van der Waals surface area contributed by atoms with E-state index in [0.717, 1.165) is 21.7 Å². The topological polar surface area (TPSA) is 132 Å². The smallest absolute Gasteiger partial charge is 0.435 e. The van der Waals surface area contributed by atoms with Gasteiger partial charge in [0.25, 0.3) is 0 Å². The van der Waals surface area contributed by atoms with E-state index >= 15 is 0 Å². The normalized spacial score (nSPS) is 13.6. The number of nitrogens with zero attached hydrogens (tertiary/aromatic N) is 4. The summed E-state index contributed by atoms with van der Waals surface area (Å²) in [6.07, 6.45) is -4.43. The summed E-state index contributed by atoms with van der Waals surface area (Å²) in [6, 6.07) is 11.4. The van der Waals surface area contributed by atoms with E-state index in [4.69, 9.17) is 10.5 Å². The highest BCUT2D eigenvalue weighted by Crippen LogP contribution is 2.37. The number of alkyl halides is 3. The van der Waals surface area contributed by atoms with Crippen molar-refractivity contribution in [2.24, 2.45) is 5.73 Å². The number of primary amides is 1. The fraction of sp³-hybridized carbons (Fsp3) is 0.303. The van der Waals surface area contributed by atoms with E-state index in [1.165, 1.54) is 18.3 Å². The molecule has 0 saturated heterocycles. The molecule has 5 rings (SSSR count). The Kier molecular flexibility index (Phi) is 9.24. The first-order valence-corrected chi connectivity index (χ1v) is 14.7. The molecule has 2 aromatic carbocycles. The van der Waals surface area contributed by atoms with Crippen molar-refractivity contribution in [2.75, 3.05) is 0 Å². The zero-order valence-electron chi connectivity index (χ0n) is 26.1. The van der Waals surface area contributed by atoms with Crippen molar-refractivity contribution in [3.63, 3.8) is 0 Å². The minimum Gasteiger partial charge on any atom is -0.444 e. The van der Waals surface area contributed by atoms with E-state index in [-0.39, 0.29) is 41.0 Å². The summed E-state index contributed by atoms with van der Waals surface area (Å²) < 4.78 is 76.6. The molecule has 2 aromatic heterocycles. The Hall–Kier alpha value is -5.34. The molecule has 4 aromatic rings. The molecule has 252 valence electrons. The highest BCUT2D eigenvalue weighted by atomic mass is 19.4. The summed E-state index contributed by atoms with van der Waals surface area (Å²) in [7, 11) is 0. The lowest BCUT2D eigenvalue weighted by Gasteiger charge is -2.24. The zero-order chi connectivity index (χ0) is 35.0. The molecule has 0 fully saturated rings. The number of hydrogen-bond acceptors (Lipinski definition) is 6. The summed E-state index contributed by atoms with van der Waals surface area (Å²) in [6.45, 7) is 3.48. The third-order valence-electron chi connectivity index (χ3n) is 7.39. The van der Waals surface area contributed by atoms with Crippen LogP contribution in [0.1, 0.15) is 65.4 Å². The number of carbonyl (C=O) groups is 3. The molecule has 1 atom stereocenters. The van der Waals surface area contributed by atoms with Crippen LogP contribution in [0, 0.1) is 11.6 Å². The Bertz CT molecular complexity index is 1860. The summed E-state index contributed by atoms with van der Waals surface area (Å²) in [5.41, 5.74) is 4.64. The van der Waals surface area contributed by atoms with Crippen LogP contribution in [0.4, 0.5) is 26.7 Å². The molecule has 15 heteroatoms. The van der Waals surface area contributed by atoms with Crippen LogP contribution in [0.5, 0.6) is 0 Å². The standard InChI is InChI=1S/C33H31F5N6O4/c1-32(2,3)48-31(47)43-15-24-26(16-43)44(42-29(24)33(36,37)38)17-27(45)41-25(12-18-10-21(34)14-22(35)11-18)28-23(8-5-9-40-28)19-6-4-7-20(13-19)30(39)46/h4-11,13-14,25H,12,15-17H2,1-3H3,(H2,39,46)(H,41,45)/t25-/m0/s1. The van der Waals surface area contributed by atoms with Gasteiger partial charge in [0.2, 0.25) is 11.8 Å². The van der Waals surface area contributed by atoms with Crippen LogP contribution in [-0.4, -0.2) is 43.2 Å². The third-order valence-corrected chi connectivity index (χ3v) is 7.39. The van der Waals surface area contributed by atoms with Gasteiger partial charge < -0.3 is 15.8 Å². The molecule has 1 aliphatic rings. The minimum atomic E-state index is -4.87. The monoisotopic (exact) mass is 670 g/mol. The van der Waals surface area contributed by atoms with Crippen molar-refractivity contribution in [1.29, 1.82) is 0 Å². The molecule has 10 nitrogen and oxygen atoms in total. The van der Waals surface area contributed by atoms with Gasteiger partial charge in [-0.3, -0.25) is 24.2 Å². The van der Waals surface area contributed by atoms with Gasteiger partial charge in [-0.2, -0.15) is 18.3 Å². The molecule has 0 saturated carbocycles. The van der Waals surface area contributed by atoms with E-state index < -0.39 is 66.1 Å². The van der Waals surface area contributed by atoms with Gasteiger partial charge in [0.15, 0.2) is 5.69 Å². The summed E-state index contributed by atoms with van der Waals surface area (Å²) in [5, 5.41) is 6.42. The minimum absolute atomic E-state index is 0.00822. The average Bonchev–Trinajstić information content (AvgIpc) is 3.56. The van der Waals surface area contributed by atoms with Crippen molar-refractivity contribution < 1.29 is 41.1 Å². The van der Waals surface area contributed by atoms with Gasteiger partial charge in [-0.05, 0) is 68.7 Å². The molecule has 0 aliphatic carbocycles. The number of carbonyl (C=O) groups excluding carboxylic acids is 3. The number of hydrogen-bond donors (Lipinski definition) is 2. The summed E-state index contributed by atoms with van der Waals surface area (Å²) in [5.74, 6) is -3.19. The molecular formula is C33H31F5N6O4. The lowest BCUT2D eigenvalue weighted by molar-refractivity contribution is -0.142. The maximum atomic E-state index is 14.2. The lowest BCUT2D eigenvalue weighted by Crippen LogP contribution is -2.35. The number of benzene rings is 2. The molecule has 3 N–H and O–H groups in total. The molecule has 0 bridgehead atoms. The van der Waals surface area contributed by atoms with Crippen molar-refractivity contribution in [3.8, 4) is 11.1 Å². The third kappa shape index (κ3) is 7.78. The van der Waals surface area contributed by atoms with Crippen LogP contribution in [0.2, 0.25) is 0 Å². The van der Waals surface area contributed by atoms with Crippen molar-refractivity contribution in [1.82, 2.24) is 25.0 Å². The number of halogens is 5. The van der Waals surface area contributed by atoms with E-state index in [9.17, 15) is 36.3 Å². The van der Waals surface area contributed by atoms with E-state index in [0.29, 0.717) is 17.2 Å². The molecule has 48 heavy (non-hydrogen) atoms. The van der Waals surface area contributed by atoms with Crippen LogP contribution in [0.3, 0.4) is 0 Å². The Morgan fingerprint density at radius 2 is 1.71 bits per heavy atom.